The van der Waals surface area contributed by atoms with Crippen LogP contribution in [-0.2, 0) is 9.59 Å². The van der Waals surface area contributed by atoms with E-state index in [1.807, 2.05) is 17.0 Å². The maximum absolute atomic E-state index is 12.7. The van der Waals surface area contributed by atoms with E-state index in [9.17, 15) is 14.4 Å². The average molecular weight is 358 g/mol. The summed E-state index contributed by atoms with van der Waals surface area (Å²) >= 11 is 0. The molecule has 2 saturated heterocycles. The predicted octanol–water partition coefficient (Wildman–Crippen LogP) is 1.32. The Morgan fingerprint density at radius 3 is 2.46 bits per heavy atom. The van der Waals surface area contributed by atoms with Crippen LogP contribution in [0.5, 0.6) is 0 Å². The van der Waals surface area contributed by atoms with Crippen molar-refractivity contribution in [1.29, 1.82) is 0 Å². The summed E-state index contributed by atoms with van der Waals surface area (Å²) in [5.41, 5.74) is 2.44. The summed E-state index contributed by atoms with van der Waals surface area (Å²) in [4.78, 5) is 43.3. The van der Waals surface area contributed by atoms with Crippen LogP contribution in [0.3, 0.4) is 0 Å². The van der Waals surface area contributed by atoms with Gasteiger partial charge in [-0.1, -0.05) is 18.2 Å². The van der Waals surface area contributed by atoms with E-state index in [2.05, 4.69) is 24.0 Å². The molecular weight excluding hydrogens is 332 g/mol. The Balaban J connectivity index is 1.62. The van der Waals surface area contributed by atoms with Crippen LogP contribution in [0, 0.1) is 6.92 Å². The molecule has 0 N–H and O–H groups in total. The number of benzene rings is 1. The van der Waals surface area contributed by atoms with Gasteiger partial charge in [0.2, 0.25) is 5.91 Å². The van der Waals surface area contributed by atoms with E-state index in [1.54, 1.807) is 7.05 Å². The second-order valence-corrected chi connectivity index (χ2v) is 7.02. The third-order valence-electron chi connectivity index (χ3n) is 5.34. The summed E-state index contributed by atoms with van der Waals surface area (Å²) in [5, 5.41) is 0. The molecule has 2 fully saturated rings. The molecule has 140 valence electrons. The maximum Gasteiger partial charge on any atom is 0.326 e. The molecule has 1 unspecified atom stereocenters. The number of imide groups is 1. The highest BCUT2D eigenvalue weighted by Crippen LogP contribution is 2.22. The Bertz CT molecular complexity index is 720. The predicted molar refractivity (Wildman–Crippen MR) is 98.9 cm³/mol. The van der Waals surface area contributed by atoms with Crippen molar-refractivity contribution in [1.82, 2.24) is 14.7 Å². The number of para-hydroxylation sites is 1. The van der Waals surface area contributed by atoms with Gasteiger partial charge >= 0.3 is 6.03 Å². The molecule has 0 radical (unpaired) electrons. The van der Waals surface area contributed by atoms with Crippen molar-refractivity contribution in [2.45, 2.75) is 25.8 Å². The second-order valence-electron chi connectivity index (χ2n) is 7.02. The van der Waals surface area contributed by atoms with E-state index >= 15 is 0 Å². The minimum absolute atomic E-state index is 0.0514. The van der Waals surface area contributed by atoms with Crippen molar-refractivity contribution >= 4 is 23.5 Å². The third kappa shape index (κ3) is 3.38. The van der Waals surface area contributed by atoms with Gasteiger partial charge in [-0.3, -0.25) is 14.5 Å². The molecule has 1 atom stereocenters. The van der Waals surface area contributed by atoms with Crippen molar-refractivity contribution in [3.63, 3.8) is 0 Å². The van der Waals surface area contributed by atoms with Crippen LogP contribution < -0.4 is 4.90 Å². The Morgan fingerprint density at radius 1 is 1.08 bits per heavy atom. The first-order valence-corrected chi connectivity index (χ1v) is 9.03. The van der Waals surface area contributed by atoms with Crippen molar-refractivity contribution in [3.05, 3.63) is 29.8 Å². The lowest BCUT2D eigenvalue weighted by atomic mass is 10.1. The van der Waals surface area contributed by atoms with Gasteiger partial charge in [0, 0.05) is 46.0 Å². The van der Waals surface area contributed by atoms with Gasteiger partial charge in [-0.05, 0) is 25.0 Å². The SMILES string of the molecule is Cc1ccccc1N1CCCN(C(=O)CC2C(=O)N(C)C(=O)N2C)CC1. The molecule has 2 aliphatic rings. The summed E-state index contributed by atoms with van der Waals surface area (Å²) in [6, 6.07) is 7.23. The van der Waals surface area contributed by atoms with Gasteiger partial charge < -0.3 is 14.7 Å². The summed E-state index contributed by atoms with van der Waals surface area (Å²) < 4.78 is 0. The number of anilines is 1. The highest BCUT2D eigenvalue weighted by molar-refractivity contribution is 6.05. The molecule has 0 bridgehead atoms. The number of rotatable bonds is 3. The molecule has 2 aliphatic heterocycles. The summed E-state index contributed by atoms with van der Waals surface area (Å²) in [6.07, 6.45) is 0.934. The molecule has 4 amide bonds. The Kier molecular flexibility index (Phi) is 5.15. The molecular formula is C19H26N4O3. The van der Waals surface area contributed by atoms with E-state index < -0.39 is 6.04 Å². The van der Waals surface area contributed by atoms with E-state index in [1.165, 1.54) is 23.2 Å². The molecule has 0 saturated carbocycles. The molecule has 0 aliphatic carbocycles. The van der Waals surface area contributed by atoms with Crippen molar-refractivity contribution < 1.29 is 14.4 Å². The van der Waals surface area contributed by atoms with Crippen LogP contribution in [0.25, 0.3) is 0 Å². The van der Waals surface area contributed by atoms with Crippen molar-refractivity contribution in [2.75, 3.05) is 45.2 Å². The Labute approximate surface area is 154 Å². The van der Waals surface area contributed by atoms with Gasteiger partial charge in [0.25, 0.3) is 5.91 Å². The number of hydrogen-bond donors (Lipinski definition) is 0. The lowest BCUT2D eigenvalue weighted by molar-refractivity contribution is -0.136. The number of amides is 4. The smallest absolute Gasteiger partial charge is 0.326 e. The quantitative estimate of drug-likeness (QED) is 0.765. The zero-order valence-electron chi connectivity index (χ0n) is 15.6. The standard InChI is InChI=1S/C19H26N4O3/c1-14-7-4-5-8-15(14)22-9-6-10-23(12-11-22)17(24)13-16-18(25)21(3)19(26)20(16)2/h4-5,7-8,16H,6,9-13H2,1-3H3. The number of carbonyl (C=O) groups is 3. The monoisotopic (exact) mass is 358 g/mol. The normalized spacial score (nSPS) is 21.4. The van der Waals surface area contributed by atoms with Crippen LogP contribution >= 0.6 is 0 Å². The largest absolute Gasteiger partial charge is 0.369 e. The fourth-order valence-corrected chi connectivity index (χ4v) is 3.70. The van der Waals surface area contributed by atoms with Gasteiger partial charge in [-0.2, -0.15) is 0 Å². The molecule has 0 aromatic heterocycles. The minimum Gasteiger partial charge on any atom is -0.369 e. The summed E-state index contributed by atoms with van der Waals surface area (Å²) in [6.45, 7) is 5.07. The number of likely N-dealkylation sites (N-methyl/N-ethyl adjacent to an activating group) is 2. The highest BCUT2D eigenvalue weighted by atomic mass is 16.2. The molecule has 1 aromatic carbocycles. The lowest BCUT2D eigenvalue weighted by Crippen LogP contribution is -2.41. The number of aryl methyl sites for hydroxylation is 1. The van der Waals surface area contributed by atoms with Crippen LogP contribution in [0.4, 0.5) is 10.5 Å². The molecule has 2 heterocycles. The average Bonchev–Trinajstić information content (AvgIpc) is 2.84. The first-order valence-electron chi connectivity index (χ1n) is 9.03. The van der Waals surface area contributed by atoms with Crippen LogP contribution in [-0.4, -0.2) is 78.9 Å². The molecule has 1 aromatic rings. The fourth-order valence-electron chi connectivity index (χ4n) is 3.70. The highest BCUT2D eigenvalue weighted by Gasteiger charge is 2.42. The topological polar surface area (TPSA) is 64.2 Å². The molecule has 7 heteroatoms. The molecule has 0 spiro atoms. The maximum atomic E-state index is 12.7. The van der Waals surface area contributed by atoms with Crippen molar-refractivity contribution in [3.8, 4) is 0 Å². The molecule has 3 rings (SSSR count). The van der Waals surface area contributed by atoms with E-state index in [0.29, 0.717) is 13.1 Å². The molecule has 7 nitrogen and oxygen atoms in total. The van der Waals surface area contributed by atoms with Gasteiger partial charge in [0.15, 0.2) is 0 Å². The molecule has 26 heavy (non-hydrogen) atoms. The van der Waals surface area contributed by atoms with Crippen LogP contribution in [0.15, 0.2) is 24.3 Å². The summed E-state index contributed by atoms with van der Waals surface area (Å²) in [5.74, 6) is -0.368. The van der Waals surface area contributed by atoms with Crippen molar-refractivity contribution in [2.24, 2.45) is 0 Å². The van der Waals surface area contributed by atoms with Gasteiger partial charge in [-0.25, -0.2) is 4.79 Å². The lowest BCUT2D eigenvalue weighted by Gasteiger charge is -2.26. The first kappa shape index (κ1) is 18.2. The van der Waals surface area contributed by atoms with E-state index in [-0.39, 0.29) is 24.3 Å². The van der Waals surface area contributed by atoms with E-state index in [0.717, 1.165) is 24.4 Å². The zero-order chi connectivity index (χ0) is 18.8. The number of hydrogen-bond acceptors (Lipinski definition) is 4. The van der Waals surface area contributed by atoms with Crippen LogP contribution in [0.1, 0.15) is 18.4 Å². The fraction of sp³-hybridized carbons (Fsp3) is 0.526. The second kappa shape index (κ2) is 7.35. The Morgan fingerprint density at radius 2 is 1.81 bits per heavy atom. The zero-order valence-corrected chi connectivity index (χ0v) is 15.6. The van der Waals surface area contributed by atoms with Gasteiger partial charge in [0.05, 0.1) is 6.42 Å². The van der Waals surface area contributed by atoms with E-state index in [4.69, 9.17) is 0 Å². The van der Waals surface area contributed by atoms with Gasteiger partial charge in [-0.15, -0.1) is 0 Å². The first-order chi connectivity index (χ1) is 12.4. The van der Waals surface area contributed by atoms with Gasteiger partial charge in [0.1, 0.15) is 6.04 Å². The Hall–Kier alpha value is -2.57. The van der Waals surface area contributed by atoms with Crippen LogP contribution in [0.2, 0.25) is 0 Å². The third-order valence-corrected chi connectivity index (χ3v) is 5.34. The summed E-state index contributed by atoms with van der Waals surface area (Å²) in [7, 11) is 3.03. The minimum atomic E-state index is -0.685. The number of nitrogens with zero attached hydrogens (tertiary/aromatic N) is 4. The number of urea groups is 1. The number of carbonyl (C=O) groups excluding carboxylic acids is 3.